The Morgan fingerprint density at radius 2 is 0.589 bits per heavy atom. The second-order valence-electron chi connectivity index (χ2n) is 18.1. The van der Waals surface area contributed by atoms with Crippen molar-refractivity contribution >= 4 is 17.9 Å². The van der Waals surface area contributed by atoms with Crippen molar-refractivity contribution in [3.8, 4) is 0 Å². The van der Waals surface area contributed by atoms with E-state index in [4.69, 9.17) is 14.2 Å². The highest BCUT2D eigenvalue weighted by molar-refractivity contribution is 5.71. The van der Waals surface area contributed by atoms with Crippen LogP contribution in [0.1, 0.15) is 272 Å². The minimum Gasteiger partial charge on any atom is -0.462 e. The van der Waals surface area contributed by atoms with Crippen molar-refractivity contribution < 1.29 is 28.6 Å². The van der Waals surface area contributed by atoms with E-state index in [0.29, 0.717) is 19.3 Å². The summed E-state index contributed by atoms with van der Waals surface area (Å²) in [5, 5.41) is 0. The predicted octanol–water partition coefficient (Wildman–Crippen LogP) is 15.8. The molecule has 0 saturated heterocycles. The minimum absolute atomic E-state index is 0.0649. The van der Waals surface area contributed by atoms with Crippen LogP contribution in [0.3, 0.4) is 0 Å². The molecule has 0 aromatic carbocycles. The SMILES string of the molecule is CCCCCCCCCCCCCCCCCCC(=O)OC[C@@H](COC(=O)CCCCCCCCC(C)C)OC(=O)CCCCCCCCCCCCC(C)C. The van der Waals surface area contributed by atoms with E-state index in [1.54, 1.807) is 0 Å². The van der Waals surface area contributed by atoms with E-state index in [1.165, 1.54) is 161 Å². The number of rotatable bonds is 44. The van der Waals surface area contributed by atoms with Gasteiger partial charge in [0.2, 0.25) is 0 Å². The van der Waals surface area contributed by atoms with Crippen LogP contribution in [0.5, 0.6) is 0 Å². The lowest BCUT2D eigenvalue weighted by Crippen LogP contribution is -2.30. The molecule has 0 N–H and O–H groups in total. The molecule has 0 rings (SSSR count). The quantitative estimate of drug-likeness (QED) is 0.0347. The van der Waals surface area contributed by atoms with E-state index in [2.05, 4.69) is 34.6 Å². The van der Waals surface area contributed by atoms with Crippen molar-refractivity contribution in [3.63, 3.8) is 0 Å². The first-order valence-corrected chi connectivity index (χ1v) is 24.7. The van der Waals surface area contributed by atoms with Gasteiger partial charge in [-0.2, -0.15) is 0 Å². The van der Waals surface area contributed by atoms with Crippen molar-refractivity contribution in [1.29, 1.82) is 0 Å². The topological polar surface area (TPSA) is 78.9 Å². The lowest BCUT2D eigenvalue weighted by molar-refractivity contribution is -0.167. The molecule has 0 fully saturated rings. The van der Waals surface area contributed by atoms with Gasteiger partial charge >= 0.3 is 17.9 Å². The van der Waals surface area contributed by atoms with E-state index in [1.807, 2.05) is 0 Å². The van der Waals surface area contributed by atoms with Crippen molar-refractivity contribution in [1.82, 2.24) is 0 Å². The third-order valence-corrected chi connectivity index (χ3v) is 11.2. The van der Waals surface area contributed by atoms with E-state index in [9.17, 15) is 14.4 Å². The lowest BCUT2D eigenvalue weighted by Gasteiger charge is -2.18. The summed E-state index contributed by atoms with van der Waals surface area (Å²) in [6.45, 7) is 11.3. The summed E-state index contributed by atoms with van der Waals surface area (Å²) in [4.78, 5) is 37.8. The third kappa shape index (κ3) is 43.5. The van der Waals surface area contributed by atoms with Gasteiger partial charge in [0.1, 0.15) is 13.2 Å². The van der Waals surface area contributed by atoms with Crippen molar-refractivity contribution in [2.45, 2.75) is 278 Å². The van der Waals surface area contributed by atoms with Crippen LogP contribution in [0.15, 0.2) is 0 Å². The third-order valence-electron chi connectivity index (χ3n) is 11.2. The van der Waals surface area contributed by atoms with Gasteiger partial charge in [0, 0.05) is 19.3 Å². The molecule has 0 aliphatic rings. The number of ether oxygens (including phenoxy) is 3. The molecule has 0 saturated carbocycles. The molecule has 0 aliphatic carbocycles. The summed E-state index contributed by atoms with van der Waals surface area (Å²) in [6, 6.07) is 0. The van der Waals surface area contributed by atoms with Gasteiger partial charge in [0.15, 0.2) is 6.10 Å². The summed E-state index contributed by atoms with van der Waals surface area (Å²) in [6.07, 6.45) is 42.5. The molecule has 0 amide bonds. The molecule has 56 heavy (non-hydrogen) atoms. The fraction of sp³-hybridized carbons (Fsp3) is 0.940. The molecular weight excluding hydrogens is 697 g/mol. The van der Waals surface area contributed by atoms with Crippen LogP contribution in [0, 0.1) is 11.8 Å². The molecular formula is C50H96O6. The summed E-state index contributed by atoms with van der Waals surface area (Å²) in [5.74, 6) is 0.723. The summed E-state index contributed by atoms with van der Waals surface area (Å²) < 4.78 is 16.7. The molecule has 0 bridgehead atoms. The largest absolute Gasteiger partial charge is 0.462 e. The highest BCUT2D eigenvalue weighted by atomic mass is 16.6. The second-order valence-corrected chi connectivity index (χ2v) is 18.1. The van der Waals surface area contributed by atoms with Gasteiger partial charge in [0.25, 0.3) is 0 Å². The number of esters is 3. The maximum Gasteiger partial charge on any atom is 0.306 e. The van der Waals surface area contributed by atoms with Gasteiger partial charge in [-0.25, -0.2) is 0 Å². The number of hydrogen-bond acceptors (Lipinski definition) is 6. The van der Waals surface area contributed by atoms with Crippen LogP contribution >= 0.6 is 0 Å². The van der Waals surface area contributed by atoms with Crippen LogP contribution in [-0.2, 0) is 28.6 Å². The van der Waals surface area contributed by atoms with Crippen molar-refractivity contribution in [3.05, 3.63) is 0 Å². The van der Waals surface area contributed by atoms with Gasteiger partial charge in [-0.1, -0.05) is 234 Å². The predicted molar refractivity (Wildman–Crippen MR) is 238 cm³/mol. The minimum atomic E-state index is -0.761. The van der Waals surface area contributed by atoms with Crippen LogP contribution in [-0.4, -0.2) is 37.2 Å². The lowest BCUT2D eigenvalue weighted by atomic mass is 10.0. The molecule has 6 nitrogen and oxygen atoms in total. The Labute approximate surface area is 348 Å². The Kier molecular flexibility index (Phi) is 41.8. The highest BCUT2D eigenvalue weighted by Crippen LogP contribution is 2.17. The van der Waals surface area contributed by atoms with Gasteiger partial charge < -0.3 is 14.2 Å². The fourth-order valence-corrected chi connectivity index (χ4v) is 7.46. The molecule has 6 heteroatoms. The molecule has 1 atom stereocenters. The smallest absolute Gasteiger partial charge is 0.306 e. The Bertz CT molecular complexity index is 854. The highest BCUT2D eigenvalue weighted by Gasteiger charge is 2.19. The maximum atomic E-state index is 12.7. The number of hydrogen-bond donors (Lipinski definition) is 0. The molecule has 332 valence electrons. The van der Waals surface area contributed by atoms with Crippen molar-refractivity contribution in [2.24, 2.45) is 11.8 Å². The van der Waals surface area contributed by atoms with E-state index in [0.717, 1.165) is 69.6 Å². The summed E-state index contributed by atoms with van der Waals surface area (Å²) in [7, 11) is 0. The van der Waals surface area contributed by atoms with E-state index < -0.39 is 6.10 Å². The average molecular weight is 793 g/mol. The Morgan fingerprint density at radius 1 is 0.339 bits per heavy atom. The van der Waals surface area contributed by atoms with Crippen LogP contribution < -0.4 is 0 Å². The normalized spacial score (nSPS) is 12.1. The number of carbonyl (C=O) groups excluding carboxylic acids is 3. The van der Waals surface area contributed by atoms with Gasteiger partial charge in [0.05, 0.1) is 0 Å². The zero-order valence-electron chi connectivity index (χ0n) is 38.3. The number of unbranched alkanes of at least 4 members (excludes halogenated alkanes) is 29. The molecule has 0 heterocycles. The average Bonchev–Trinajstić information content (AvgIpc) is 3.16. The van der Waals surface area contributed by atoms with Gasteiger partial charge in [-0.3, -0.25) is 14.4 Å². The summed E-state index contributed by atoms with van der Waals surface area (Å²) >= 11 is 0. The van der Waals surface area contributed by atoms with Gasteiger partial charge in [-0.15, -0.1) is 0 Å². The summed E-state index contributed by atoms with van der Waals surface area (Å²) in [5.41, 5.74) is 0. The fourth-order valence-electron chi connectivity index (χ4n) is 7.46. The first kappa shape index (κ1) is 54.4. The molecule has 0 radical (unpaired) electrons. The molecule has 0 spiro atoms. The van der Waals surface area contributed by atoms with Crippen molar-refractivity contribution in [2.75, 3.05) is 13.2 Å². The Morgan fingerprint density at radius 3 is 0.875 bits per heavy atom. The molecule has 0 aliphatic heterocycles. The van der Waals surface area contributed by atoms with Crippen LogP contribution in [0.4, 0.5) is 0 Å². The second kappa shape index (κ2) is 43.0. The number of carbonyl (C=O) groups is 3. The zero-order valence-corrected chi connectivity index (χ0v) is 38.3. The Hall–Kier alpha value is -1.59. The molecule has 0 aromatic rings. The maximum absolute atomic E-state index is 12.7. The molecule has 0 aromatic heterocycles. The zero-order chi connectivity index (χ0) is 41.2. The van der Waals surface area contributed by atoms with Crippen LogP contribution in [0.25, 0.3) is 0 Å². The standard InChI is InChI=1S/C50H96O6/c1-6-7-8-9-10-11-12-13-14-15-16-17-21-24-30-35-40-48(51)54-43-47(44-55-49(52)41-36-31-27-26-29-34-39-46(4)5)56-50(53)42-37-32-25-22-19-18-20-23-28-33-38-45(2)3/h45-47H,6-44H2,1-5H3/t47-/m0/s1. The van der Waals surface area contributed by atoms with Gasteiger partial charge in [-0.05, 0) is 31.1 Å². The Balaban J connectivity index is 4.28. The van der Waals surface area contributed by atoms with Crippen LogP contribution in [0.2, 0.25) is 0 Å². The first-order chi connectivity index (χ1) is 27.2. The van der Waals surface area contributed by atoms with E-state index >= 15 is 0 Å². The molecule has 0 unspecified atom stereocenters. The van der Waals surface area contributed by atoms with E-state index in [-0.39, 0.29) is 31.1 Å². The monoisotopic (exact) mass is 793 g/mol. The first-order valence-electron chi connectivity index (χ1n) is 24.7.